The second-order valence-corrected chi connectivity index (χ2v) is 4.52. The summed E-state index contributed by atoms with van der Waals surface area (Å²) in [7, 11) is 0. The molecule has 0 aromatic heterocycles. The molecule has 0 radical (unpaired) electrons. The Bertz CT molecular complexity index is 559. The summed E-state index contributed by atoms with van der Waals surface area (Å²) in [5.41, 5.74) is -2.31. The lowest BCUT2D eigenvalue weighted by atomic mass is 10.1. The summed E-state index contributed by atoms with van der Waals surface area (Å²) in [5, 5.41) is 22.4. The predicted octanol–water partition coefficient (Wildman–Crippen LogP) is -0.493. The third-order valence-corrected chi connectivity index (χ3v) is 2.62. The van der Waals surface area contributed by atoms with Crippen LogP contribution in [0.25, 0.3) is 0 Å². The van der Waals surface area contributed by atoms with Crippen LogP contribution >= 0.6 is 0 Å². The number of carbonyl (C=O) groups is 3. The van der Waals surface area contributed by atoms with Crippen LogP contribution in [0.15, 0.2) is 24.3 Å². The number of halogens is 1. The molecule has 1 rings (SSSR count). The van der Waals surface area contributed by atoms with Gasteiger partial charge < -0.3 is 20.8 Å². The fourth-order valence-corrected chi connectivity index (χ4v) is 1.31. The molecule has 0 spiro atoms. The number of aliphatic hydroxyl groups is 1. The standard InChI is InChI=1S/C13H15FN2O5/c1-13(21,12(19)20)7-16-10(17)6-15-11(18)8-4-2-3-5-9(8)14/h2-5,21H,6-7H2,1H3,(H,15,18)(H,16,17)(H,19,20). The Kier molecular flexibility index (Phi) is 5.37. The number of hydrogen-bond donors (Lipinski definition) is 4. The van der Waals surface area contributed by atoms with Gasteiger partial charge in [-0.15, -0.1) is 0 Å². The zero-order valence-electron chi connectivity index (χ0n) is 11.2. The van der Waals surface area contributed by atoms with Gasteiger partial charge in [-0.1, -0.05) is 12.1 Å². The van der Waals surface area contributed by atoms with Crippen molar-refractivity contribution in [3.63, 3.8) is 0 Å². The summed E-state index contributed by atoms with van der Waals surface area (Å²) < 4.78 is 13.3. The molecule has 0 aliphatic carbocycles. The van der Waals surface area contributed by atoms with Gasteiger partial charge in [-0.05, 0) is 19.1 Å². The first-order valence-corrected chi connectivity index (χ1v) is 5.99. The molecule has 0 aliphatic rings. The first-order chi connectivity index (χ1) is 9.74. The van der Waals surface area contributed by atoms with E-state index in [9.17, 15) is 23.9 Å². The quantitative estimate of drug-likeness (QED) is 0.565. The maximum Gasteiger partial charge on any atom is 0.337 e. The van der Waals surface area contributed by atoms with E-state index in [1.165, 1.54) is 18.2 Å². The third-order valence-electron chi connectivity index (χ3n) is 2.62. The van der Waals surface area contributed by atoms with Gasteiger partial charge in [-0.3, -0.25) is 9.59 Å². The number of carboxylic acid groups (broad SMARTS) is 1. The average molecular weight is 298 g/mol. The molecular weight excluding hydrogens is 283 g/mol. The summed E-state index contributed by atoms with van der Waals surface area (Å²) in [5.74, 6) is -3.68. The van der Waals surface area contributed by atoms with E-state index >= 15 is 0 Å². The Morgan fingerprint density at radius 2 is 1.86 bits per heavy atom. The summed E-state index contributed by atoms with van der Waals surface area (Å²) in [6, 6.07) is 5.27. The minimum absolute atomic E-state index is 0.206. The average Bonchev–Trinajstić information content (AvgIpc) is 2.43. The Morgan fingerprint density at radius 1 is 1.24 bits per heavy atom. The normalized spacial score (nSPS) is 13.1. The van der Waals surface area contributed by atoms with Crippen LogP contribution in [0.1, 0.15) is 17.3 Å². The molecule has 0 saturated carbocycles. The van der Waals surface area contributed by atoms with Gasteiger partial charge in [0.15, 0.2) is 5.60 Å². The predicted molar refractivity (Wildman–Crippen MR) is 70.0 cm³/mol. The maximum atomic E-state index is 13.3. The minimum Gasteiger partial charge on any atom is -0.479 e. The fraction of sp³-hybridized carbons (Fsp3) is 0.308. The Balaban J connectivity index is 2.45. The highest BCUT2D eigenvalue weighted by molar-refractivity contribution is 5.96. The van der Waals surface area contributed by atoms with E-state index in [1.54, 1.807) is 0 Å². The molecule has 114 valence electrons. The van der Waals surface area contributed by atoms with Crippen molar-refractivity contribution >= 4 is 17.8 Å². The number of carboxylic acids is 1. The number of carbonyl (C=O) groups excluding carboxylic acids is 2. The summed E-state index contributed by atoms with van der Waals surface area (Å²) in [6.07, 6.45) is 0. The van der Waals surface area contributed by atoms with Crippen molar-refractivity contribution < 1.29 is 29.0 Å². The van der Waals surface area contributed by atoms with Crippen molar-refractivity contribution in [2.75, 3.05) is 13.1 Å². The van der Waals surface area contributed by atoms with Crippen LogP contribution in [-0.4, -0.2) is 46.7 Å². The van der Waals surface area contributed by atoms with Crippen molar-refractivity contribution in [3.8, 4) is 0 Å². The maximum absolute atomic E-state index is 13.3. The van der Waals surface area contributed by atoms with Gasteiger partial charge in [0.05, 0.1) is 18.7 Å². The highest BCUT2D eigenvalue weighted by atomic mass is 19.1. The second kappa shape index (κ2) is 6.80. The number of hydrogen-bond acceptors (Lipinski definition) is 4. The molecule has 7 nitrogen and oxygen atoms in total. The lowest BCUT2D eigenvalue weighted by Gasteiger charge is -2.18. The van der Waals surface area contributed by atoms with Crippen LogP contribution in [0.4, 0.5) is 4.39 Å². The lowest BCUT2D eigenvalue weighted by Crippen LogP contribution is -2.48. The monoisotopic (exact) mass is 298 g/mol. The molecule has 0 fully saturated rings. The van der Waals surface area contributed by atoms with Crippen LogP contribution in [0.5, 0.6) is 0 Å². The number of benzene rings is 1. The van der Waals surface area contributed by atoms with Crippen molar-refractivity contribution in [2.45, 2.75) is 12.5 Å². The Hall–Kier alpha value is -2.48. The van der Waals surface area contributed by atoms with Gasteiger partial charge in [0, 0.05) is 0 Å². The highest BCUT2D eigenvalue weighted by Crippen LogP contribution is 2.05. The number of aliphatic carboxylic acids is 1. The van der Waals surface area contributed by atoms with Crippen molar-refractivity contribution in [1.29, 1.82) is 0 Å². The molecule has 1 unspecified atom stereocenters. The number of nitrogens with one attached hydrogen (secondary N) is 2. The van der Waals surface area contributed by atoms with Gasteiger partial charge in [0.25, 0.3) is 5.91 Å². The molecule has 2 amide bonds. The molecule has 8 heteroatoms. The van der Waals surface area contributed by atoms with Gasteiger partial charge in [-0.2, -0.15) is 0 Å². The van der Waals surface area contributed by atoms with E-state index in [0.29, 0.717) is 0 Å². The van der Waals surface area contributed by atoms with E-state index in [1.807, 2.05) is 0 Å². The molecule has 21 heavy (non-hydrogen) atoms. The van der Waals surface area contributed by atoms with E-state index < -0.39 is 42.3 Å². The Morgan fingerprint density at radius 3 is 2.43 bits per heavy atom. The molecule has 1 aromatic rings. The molecular formula is C13H15FN2O5. The van der Waals surface area contributed by atoms with Crippen molar-refractivity contribution in [2.24, 2.45) is 0 Å². The highest BCUT2D eigenvalue weighted by Gasteiger charge is 2.30. The fourth-order valence-electron chi connectivity index (χ4n) is 1.31. The third kappa shape index (κ3) is 4.84. The zero-order chi connectivity index (χ0) is 16.0. The van der Waals surface area contributed by atoms with E-state index in [2.05, 4.69) is 10.6 Å². The summed E-state index contributed by atoms with van der Waals surface area (Å²) in [4.78, 5) is 33.6. The van der Waals surface area contributed by atoms with Crippen LogP contribution in [-0.2, 0) is 9.59 Å². The Labute approximate surface area is 119 Å². The summed E-state index contributed by atoms with van der Waals surface area (Å²) in [6.45, 7) is 0.0349. The number of rotatable bonds is 6. The largest absolute Gasteiger partial charge is 0.479 e. The van der Waals surface area contributed by atoms with Gasteiger partial charge in [0.2, 0.25) is 5.91 Å². The SMILES string of the molecule is CC(O)(CNC(=O)CNC(=O)c1ccccc1F)C(=O)O. The molecule has 1 atom stereocenters. The molecule has 1 aromatic carbocycles. The minimum atomic E-state index is -2.11. The second-order valence-electron chi connectivity index (χ2n) is 4.52. The van der Waals surface area contributed by atoms with Crippen molar-refractivity contribution in [1.82, 2.24) is 10.6 Å². The van der Waals surface area contributed by atoms with Crippen LogP contribution in [0.3, 0.4) is 0 Å². The molecule has 0 saturated heterocycles. The van der Waals surface area contributed by atoms with E-state index in [0.717, 1.165) is 13.0 Å². The zero-order valence-corrected chi connectivity index (χ0v) is 11.2. The summed E-state index contributed by atoms with van der Waals surface area (Å²) >= 11 is 0. The first kappa shape index (κ1) is 16.6. The molecule has 0 aliphatic heterocycles. The van der Waals surface area contributed by atoms with Crippen molar-refractivity contribution in [3.05, 3.63) is 35.6 Å². The van der Waals surface area contributed by atoms with E-state index in [4.69, 9.17) is 5.11 Å². The van der Waals surface area contributed by atoms with Crippen LogP contribution < -0.4 is 10.6 Å². The topological polar surface area (TPSA) is 116 Å². The first-order valence-electron chi connectivity index (χ1n) is 5.99. The lowest BCUT2D eigenvalue weighted by molar-refractivity contribution is -0.156. The number of amides is 2. The smallest absolute Gasteiger partial charge is 0.337 e. The van der Waals surface area contributed by atoms with Crippen LogP contribution in [0.2, 0.25) is 0 Å². The van der Waals surface area contributed by atoms with Gasteiger partial charge in [0.1, 0.15) is 5.82 Å². The van der Waals surface area contributed by atoms with Crippen LogP contribution in [0, 0.1) is 5.82 Å². The molecule has 4 N–H and O–H groups in total. The van der Waals surface area contributed by atoms with Gasteiger partial charge in [-0.25, -0.2) is 9.18 Å². The molecule has 0 bridgehead atoms. The van der Waals surface area contributed by atoms with E-state index in [-0.39, 0.29) is 5.56 Å². The molecule has 0 heterocycles. The van der Waals surface area contributed by atoms with Gasteiger partial charge >= 0.3 is 5.97 Å².